The molecule has 0 saturated heterocycles. The molecule has 0 aliphatic rings. The van der Waals surface area contributed by atoms with Gasteiger partial charge in [-0.15, -0.1) is 12.6 Å². The lowest BCUT2D eigenvalue weighted by Gasteiger charge is -2.06. The number of benzene rings is 1. The number of hydrogen-bond donors (Lipinski definition) is 1. The van der Waals surface area contributed by atoms with E-state index in [1.807, 2.05) is 30.3 Å². The molecular formula is C13H11N3OS. The van der Waals surface area contributed by atoms with Crippen molar-refractivity contribution in [3.63, 3.8) is 0 Å². The van der Waals surface area contributed by atoms with E-state index in [-0.39, 0.29) is 0 Å². The summed E-state index contributed by atoms with van der Waals surface area (Å²) >= 11 is 4.21. The third-order valence-corrected chi connectivity index (χ3v) is 2.83. The van der Waals surface area contributed by atoms with Crippen molar-refractivity contribution in [1.82, 2.24) is 9.97 Å². The van der Waals surface area contributed by atoms with Crippen LogP contribution in [0.4, 0.5) is 0 Å². The standard InChI is InChI=1S/C13H11N3OS/c1-8-11(7-14)13(18)16-12(15-8)9-4-3-5-10(6-9)17-2/h3-6H,1-2H3,(H,15,16,18). The van der Waals surface area contributed by atoms with Gasteiger partial charge in [0.05, 0.1) is 12.8 Å². The van der Waals surface area contributed by atoms with Gasteiger partial charge in [0.2, 0.25) is 0 Å². The van der Waals surface area contributed by atoms with Crippen molar-refractivity contribution in [3.05, 3.63) is 35.5 Å². The minimum Gasteiger partial charge on any atom is -0.497 e. The topological polar surface area (TPSA) is 58.8 Å². The lowest BCUT2D eigenvalue weighted by atomic mass is 10.2. The predicted octanol–water partition coefficient (Wildman–Crippen LogP) is 2.62. The van der Waals surface area contributed by atoms with Gasteiger partial charge < -0.3 is 4.74 Å². The Hall–Kier alpha value is -2.06. The average Bonchev–Trinajstić information content (AvgIpc) is 2.38. The number of aromatic nitrogens is 2. The molecule has 0 bridgehead atoms. The summed E-state index contributed by atoms with van der Waals surface area (Å²) < 4.78 is 5.15. The van der Waals surface area contributed by atoms with Gasteiger partial charge in [-0.2, -0.15) is 5.26 Å². The second kappa shape index (κ2) is 5.07. The summed E-state index contributed by atoms with van der Waals surface area (Å²) in [7, 11) is 1.61. The summed E-state index contributed by atoms with van der Waals surface area (Å²) in [4.78, 5) is 8.54. The van der Waals surface area contributed by atoms with Crippen LogP contribution in [0, 0.1) is 18.3 Å². The van der Waals surface area contributed by atoms with E-state index >= 15 is 0 Å². The highest BCUT2D eigenvalue weighted by atomic mass is 32.1. The molecule has 0 N–H and O–H groups in total. The molecule has 1 heterocycles. The van der Waals surface area contributed by atoms with Crippen molar-refractivity contribution in [2.24, 2.45) is 0 Å². The largest absolute Gasteiger partial charge is 0.497 e. The van der Waals surface area contributed by atoms with Crippen LogP contribution in [0.2, 0.25) is 0 Å². The smallest absolute Gasteiger partial charge is 0.160 e. The molecule has 0 aliphatic heterocycles. The van der Waals surface area contributed by atoms with Crippen LogP contribution >= 0.6 is 12.6 Å². The van der Waals surface area contributed by atoms with Crippen LogP contribution in [0.15, 0.2) is 29.3 Å². The minimum atomic E-state index is 0.391. The first-order valence-corrected chi connectivity index (χ1v) is 5.72. The molecule has 90 valence electrons. The van der Waals surface area contributed by atoms with Gasteiger partial charge in [0, 0.05) is 5.56 Å². The highest BCUT2D eigenvalue weighted by Crippen LogP contribution is 2.23. The molecule has 1 aromatic heterocycles. The van der Waals surface area contributed by atoms with Gasteiger partial charge >= 0.3 is 0 Å². The molecule has 0 atom stereocenters. The van der Waals surface area contributed by atoms with Crippen molar-refractivity contribution in [2.75, 3.05) is 7.11 Å². The number of ether oxygens (including phenoxy) is 1. The molecule has 18 heavy (non-hydrogen) atoms. The summed E-state index contributed by atoms with van der Waals surface area (Å²) in [5.41, 5.74) is 1.86. The van der Waals surface area contributed by atoms with Crippen molar-refractivity contribution in [2.45, 2.75) is 11.9 Å². The fraction of sp³-hybridized carbons (Fsp3) is 0.154. The summed E-state index contributed by atoms with van der Waals surface area (Å²) in [5, 5.41) is 9.34. The molecule has 0 spiro atoms. The monoisotopic (exact) mass is 257 g/mol. The second-order valence-corrected chi connectivity index (χ2v) is 4.10. The van der Waals surface area contributed by atoms with E-state index in [4.69, 9.17) is 10.00 Å². The highest BCUT2D eigenvalue weighted by molar-refractivity contribution is 7.80. The summed E-state index contributed by atoms with van der Waals surface area (Å²) in [6, 6.07) is 9.48. The Bertz CT molecular complexity index is 611. The fourth-order valence-electron chi connectivity index (χ4n) is 1.58. The Morgan fingerprint density at radius 2 is 2.11 bits per heavy atom. The third-order valence-electron chi connectivity index (χ3n) is 2.51. The van der Waals surface area contributed by atoms with Gasteiger partial charge in [-0.3, -0.25) is 0 Å². The van der Waals surface area contributed by atoms with E-state index in [2.05, 4.69) is 22.6 Å². The zero-order chi connectivity index (χ0) is 13.1. The van der Waals surface area contributed by atoms with Gasteiger partial charge in [-0.05, 0) is 19.1 Å². The van der Waals surface area contributed by atoms with Crippen LogP contribution in [0.25, 0.3) is 11.4 Å². The molecule has 2 rings (SSSR count). The van der Waals surface area contributed by atoms with E-state index in [1.54, 1.807) is 14.0 Å². The van der Waals surface area contributed by atoms with E-state index in [0.29, 0.717) is 22.1 Å². The molecule has 2 aromatic rings. The maximum absolute atomic E-state index is 8.94. The quantitative estimate of drug-likeness (QED) is 0.663. The Morgan fingerprint density at radius 1 is 1.33 bits per heavy atom. The molecule has 0 radical (unpaired) electrons. The number of methoxy groups -OCH3 is 1. The molecule has 0 amide bonds. The summed E-state index contributed by atoms with van der Waals surface area (Å²) in [6.45, 7) is 1.77. The van der Waals surface area contributed by atoms with Crippen LogP contribution in [-0.4, -0.2) is 17.1 Å². The number of nitrogens with zero attached hydrogens (tertiary/aromatic N) is 3. The van der Waals surface area contributed by atoms with Gasteiger partial charge in [0.1, 0.15) is 22.4 Å². The predicted molar refractivity (Wildman–Crippen MR) is 70.7 cm³/mol. The maximum atomic E-state index is 8.94. The van der Waals surface area contributed by atoms with Gasteiger partial charge in [0.25, 0.3) is 0 Å². The fourth-order valence-corrected chi connectivity index (χ4v) is 1.89. The zero-order valence-corrected chi connectivity index (χ0v) is 10.9. The first kappa shape index (κ1) is 12.4. The van der Waals surface area contributed by atoms with Crippen molar-refractivity contribution < 1.29 is 4.74 Å². The molecule has 0 saturated carbocycles. The van der Waals surface area contributed by atoms with Crippen molar-refractivity contribution >= 4 is 12.6 Å². The molecule has 1 aromatic carbocycles. The van der Waals surface area contributed by atoms with Gasteiger partial charge in [0.15, 0.2) is 5.82 Å². The minimum absolute atomic E-state index is 0.391. The maximum Gasteiger partial charge on any atom is 0.160 e. The number of hydrogen-bond acceptors (Lipinski definition) is 5. The van der Waals surface area contributed by atoms with Crippen LogP contribution in [0.1, 0.15) is 11.3 Å². The molecule has 4 nitrogen and oxygen atoms in total. The molecular weight excluding hydrogens is 246 g/mol. The molecule has 0 unspecified atom stereocenters. The van der Waals surface area contributed by atoms with Crippen LogP contribution in [0.5, 0.6) is 5.75 Å². The van der Waals surface area contributed by atoms with E-state index in [0.717, 1.165) is 11.3 Å². The number of thiol groups is 1. The van der Waals surface area contributed by atoms with E-state index < -0.39 is 0 Å². The van der Waals surface area contributed by atoms with Crippen LogP contribution < -0.4 is 4.74 Å². The summed E-state index contributed by atoms with van der Waals surface area (Å²) in [5.74, 6) is 1.27. The van der Waals surface area contributed by atoms with Gasteiger partial charge in [-0.1, -0.05) is 12.1 Å². The Balaban J connectivity index is 2.55. The Morgan fingerprint density at radius 3 is 2.72 bits per heavy atom. The average molecular weight is 257 g/mol. The third kappa shape index (κ3) is 2.29. The lowest BCUT2D eigenvalue weighted by Crippen LogP contribution is -1.98. The van der Waals surface area contributed by atoms with Crippen LogP contribution in [0.3, 0.4) is 0 Å². The number of nitriles is 1. The molecule has 0 fully saturated rings. The number of aryl methyl sites for hydroxylation is 1. The normalized spacial score (nSPS) is 9.89. The second-order valence-electron chi connectivity index (χ2n) is 3.67. The van der Waals surface area contributed by atoms with Crippen molar-refractivity contribution in [3.8, 4) is 23.2 Å². The van der Waals surface area contributed by atoms with E-state index in [1.165, 1.54) is 0 Å². The highest BCUT2D eigenvalue weighted by Gasteiger charge is 2.10. The number of rotatable bonds is 2. The van der Waals surface area contributed by atoms with Gasteiger partial charge in [-0.25, -0.2) is 9.97 Å². The first-order chi connectivity index (χ1) is 8.65. The van der Waals surface area contributed by atoms with Crippen molar-refractivity contribution in [1.29, 1.82) is 5.26 Å². The van der Waals surface area contributed by atoms with Crippen LogP contribution in [-0.2, 0) is 0 Å². The SMILES string of the molecule is COc1cccc(-c2nc(C)c(C#N)c(S)n2)c1. The first-order valence-electron chi connectivity index (χ1n) is 5.28. The molecule has 0 aliphatic carbocycles. The summed E-state index contributed by atoms with van der Waals surface area (Å²) in [6.07, 6.45) is 0. The van der Waals surface area contributed by atoms with E-state index in [9.17, 15) is 0 Å². The lowest BCUT2D eigenvalue weighted by molar-refractivity contribution is 0.415. The Labute approximate surface area is 111 Å². The zero-order valence-electron chi connectivity index (χ0n) is 10.0. The Kier molecular flexibility index (Phi) is 3.49. The molecule has 5 heteroatoms.